The maximum absolute atomic E-state index is 11.8. The number of nitrogens with zero attached hydrogens (tertiary/aromatic N) is 1. The summed E-state index contributed by atoms with van der Waals surface area (Å²) in [7, 11) is 0. The molecule has 1 rings (SSSR count). The van der Waals surface area contributed by atoms with Crippen LogP contribution in [0.15, 0.2) is 12.3 Å². The Morgan fingerprint density at radius 3 is 2.71 bits per heavy atom. The lowest BCUT2D eigenvalue weighted by atomic mass is 10.4. The van der Waals surface area contributed by atoms with E-state index in [0.29, 0.717) is 3.57 Å². The van der Waals surface area contributed by atoms with Crippen LogP contribution >= 0.6 is 22.6 Å². The van der Waals surface area contributed by atoms with Gasteiger partial charge in [0.25, 0.3) is 0 Å². The van der Waals surface area contributed by atoms with Crippen LogP contribution in [0, 0.1) is 3.57 Å². The topological polar surface area (TPSA) is 51.5 Å². The van der Waals surface area contributed by atoms with Gasteiger partial charge in [0.2, 0.25) is 0 Å². The van der Waals surface area contributed by atoms with Gasteiger partial charge in [-0.3, -0.25) is 0 Å². The van der Waals surface area contributed by atoms with Crippen molar-refractivity contribution in [3.8, 4) is 0 Å². The summed E-state index contributed by atoms with van der Waals surface area (Å²) in [6.07, 6.45) is -2.82. The first-order valence-corrected chi connectivity index (χ1v) is 5.61. The molecule has 0 fully saturated rings. The van der Waals surface area contributed by atoms with Gasteiger partial charge in [0.1, 0.15) is 12.3 Å². The van der Waals surface area contributed by atoms with Gasteiger partial charge in [-0.1, -0.05) is 0 Å². The third-order valence-corrected chi connectivity index (χ3v) is 2.41. The highest BCUT2D eigenvalue weighted by Gasteiger charge is 2.27. The molecule has 0 bridgehead atoms. The SMILES string of the molecule is O=C(O)c1cc(I)cn1CCOCC(F)(F)F. The fourth-order valence-corrected chi connectivity index (χ4v) is 1.82. The van der Waals surface area contributed by atoms with Crippen molar-refractivity contribution in [2.75, 3.05) is 13.2 Å². The summed E-state index contributed by atoms with van der Waals surface area (Å²) in [5.74, 6) is -1.12. The molecule has 4 nitrogen and oxygen atoms in total. The summed E-state index contributed by atoms with van der Waals surface area (Å²) in [5.41, 5.74) is 0.0324. The fraction of sp³-hybridized carbons (Fsp3) is 0.444. The Balaban J connectivity index is 2.49. The number of alkyl halides is 3. The summed E-state index contributed by atoms with van der Waals surface area (Å²) >= 11 is 1.93. The molecule has 0 aliphatic carbocycles. The quantitative estimate of drug-likeness (QED) is 0.646. The maximum atomic E-state index is 11.8. The number of ether oxygens (including phenoxy) is 1. The van der Waals surface area contributed by atoms with Gasteiger partial charge in [-0.25, -0.2) is 4.79 Å². The molecular weight excluding hydrogens is 354 g/mol. The molecule has 1 heterocycles. The summed E-state index contributed by atoms with van der Waals surface area (Å²) in [6, 6.07) is 1.44. The van der Waals surface area contributed by atoms with Gasteiger partial charge in [-0.15, -0.1) is 0 Å². The smallest absolute Gasteiger partial charge is 0.411 e. The van der Waals surface area contributed by atoms with E-state index in [1.54, 1.807) is 6.20 Å². The van der Waals surface area contributed by atoms with E-state index in [1.807, 2.05) is 22.6 Å². The van der Waals surface area contributed by atoms with Gasteiger partial charge < -0.3 is 14.4 Å². The van der Waals surface area contributed by atoms with E-state index in [9.17, 15) is 18.0 Å². The molecule has 96 valence electrons. The zero-order valence-electron chi connectivity index (χ0n) is 8.50. The van der Waals surface area contributed by atoms with Crippen molar-refractivity contribution in [1.29, 1.82) is 0 Å². The van der Waals surface area contributed by atoms with Crippen molar-refractivity contribution in [1.82, 2.24) is 4.57 Å². The first kappa shape index (κ1) is 14.3. The number of hydrogen-bond acceptors (Lipinski definition) is 2. The van der Waals surface area contributed by atoms with Crippen molar-refractivity contribution in [3.63, 3.8) is 0 Å². The first-order valence-electron chi connectivity index (χ1n) is 4.53. The molecule has 0 aromatic carbocycles. The maximum Gasteiger partial charge on any atom is 0.411 e. The van der Waals surface area contributed by atoms with Crippen molar-refractivity contribution < 1.29 is 27.8 Å². The normalized spacial score (nSPS) is 11.8. The Bertz CT molecular complexity index is 403. The van der Waals surface area contributed by atoms with E-state index < -0.39 is 18.8 Å². The van der Waals surface area contributed by atoms with Crippen LogP contribution in [-0.2, 0) is 11.3 Å². The molecule has 0 unspecified atom stereocenters. The minimum atomic E-state index is -4.36. The molecule has 0 amide bonds. The number of carbonyl (C=O) groups is 1. The monoisotopic (exact) mass is 363 g/mol. The van der Waals surface area contributed by atoms with Gasteiger partial charge in [-0.2, -0.15) is 13.2 Å². The number of aromatic carboxylic acids is 1. The summed E-state index contributed by atoms with van der Waals surface area (Å²) in [6.45, 7) is -1.45. The van der Waals surface area contributed by atoms with Crippen LogP contribution in [0.1, 0.15) is 10.5 Å². The fourth-order valence-electron chi connectivity index (χ4n) is 1.19. The van der Waals surface area contributed by atoms with Gasteiger partial charge in [0.05, 0.1) is 6.61 Å². The average Bonchev–Trinajstić information content (AvgIpc) is 2.53. The van der Waals surface area contributed by atoms with Gasteiger partial charge >= 0.3 is 12.1 Å². The molecule has 1 aromatic rings. The summed E-state index contributed by atoms with van der Waals surface area (Å²) < 4.78 is 41.8. The zero-order valence-corrected chi connectivity index (χ0v) is 10.7. The second kappa shape index (κ2) is 5.71. The molecule has 0 atom stereocenters. The molecule has 0 saturated heterocycles. The third kappa shape index (κ3) is 4.94. The van der Waals surface area contributed by atoms with Gasteiger partial charge in [0.15, 0.2) is 0 Å². The molecular formula is C9H9F3INO3. The van der Waals surface area contributed by atoms with Crippen LogP contribution in [0.2, 0.25) is 0 Å². The van der Waals surface area contributed by atoms with E-state index >= 15 is 0 Å². The lowest BCUT2D eigenvalue weighted by molar-refractivity contribution is -0.174. The minimum absolute atomic E-state index is 0.0324. The Labute approximate surface area is 109 Å². The second-order valence-electron chi connectivity index (χ2n) is 3.21. The molecule has 0 radical (unpaired) electrons. The van der Waals surface area contributed by atoms with Crippen molar-refractivity contribution in [2.45, 2.75) is 12.7 Å². The van der Waals surface area contributed by atoms with Crippen molar-refractivity contribution in [3.05, 3.63) is 21.5 Å². The van der Waals surface area contributed by atoms with E-state index in [-0.39, 0.29) is 18.8 Å². The number of aromatic nitrogens is 1. The standard InChI is InChI=1S/C9H9F3INO3/c10-9(11,12)5-17-2-1-14-4-6(13)3-7(14)8(15)16/h3-4H,1-2,5H2,(H,15,16). The van der Waals surface area contributed by atoms with Crippen molar-refractivity contribution in [2.24, 2.45) is 0 Å². The third-order valence-electron chi connectivity index (χ3n) is 1.82. The number of carboxylic acid groups (broad SMARTS) is 1. The molecule has 0 spiro atoms. The molecule has 1 N–H and O–H groups in total. The molecule has 17 heavy (non-hydrogen) atoms. The van der Waals surface area contributed by atoms with Crippen LogP contribution in [0.3, 0.4) is 0 Å². The largest absolute Gasteiger partial charge is 0.477 e. The van der Waals surface area contributed by atoms with Crippen LogP contribution < -0.4 is 0 Å². The van der Waals surface area contributed by atoms with Gasteiger partial charge in [0, 0.05) is 16.3 Å². The Morgan fingerprint density at radius 2 is 2.18 bits per heavy atom. The van der Waals surface area contributed by atoms with Crippen LogP contribution in [0.5, 0.6) is 0 Å². The predicted molar refractivity (Wildman–Crippen MR) is 61.0 cm³/mol. The highest BCUT2D eigenvalue weighted by Crippen LogP contribution is 2.15. The van der Waals surface area contributed by atoms with E-state index in [4.69, 9.17) is 5.11 Å². The van der Waals surface area contributed by atoms with Gasteiger partial charge in [-0.05, 0) is 28.7 Å². The summed E-state index contributed by atoms with van der Waals surface area (Å²) in [5, 5.41) is 8.82. The number of rotatable bonds is 5. The number of carboxylic acids is 1. The lowest BCUT2D eigenvalue weighted by Gasteiger charge is -2.09. The zero-order chi connectivity index (χ0) is 13.1. The van der Waals surface area contributed by atoms with E-state index in [1.165, 1.54) is 10.6 Å². The molecule has 0 aliphatic heterocycles. The molecule has 0 saturated carbocycles. The Hall–Kier alpha value is -0.770. The molecule has 8 heteroatoms. The average molecular weight is 363 g/mol. The van der Waals surface area contributed by atoms with Crippen LogP contribution in [0.25, 0.3) is 0 Å². The lowest BCUT2D eigenvalue weighted by Crippen LogP contribution is -2.19. The summed E-state index contributed by atoms with van der Waals surface area (Å²) in [4.78, 5) is 10.8. The van der Waals surface area contributed by atoms with E-state index in [0.717, 1.165) is 0 Å². The second-order valence-corrected chi connectivity index (χ2v) is 4.46. The molecule has 1 aromatic heterocycles. The van der Waals surface area contributed by atoms with Crippen molar-refractivity contribution >= 4 is 28.6 Å². The Kier molecular flexibility index (Phi) is 4.80. The number of hydrogen-bond donors (Lipinski definition) is 1. The highest BCUT2D eigenvalue weighted by molar-refractivity contribution is 14.1. The van der Waals surface area contributed by atoms with Crippen LogP contribution in [0.4, 0.5) is 13.2 Å². The Morgan fingerprint density at radius 1 is 1.53 bits per heavy atom. The first-order chi connectivity index (χ1) is 7.79. The predicted octanol–water partition coefficient (Wildman–Crippen LogP) is 2.37. The number of halogens is 4. The highest BCUT2D eigenvalue weighted by atomic mass is 127. The minimum Gasteiger partial charge on any atom is -0.477 e. The van der Waals surface area contributed by atoms with Crippen LogP contribution in [-0.4, -0.2) is 35.0 Å². The van der Waals surface area contributed by atoms with E-state index in [2.05, 4.69) is 4.74 Å². The molecule has 0 aliphatic rings.